The average Bonchev–Trinajstić information content (AvgIpc) is 3.46. The third-order valence-electron chi connectivity index (χ3n) is 5.79. The second-order valence-electron chi connectivity index (χ2n) is 7.96. The number of amidine groups is 2. The van der Waals surface area contributed by atoms with E-state index in [1.54, 1.807) is 18.2 Å². The number of rotatable bonds is 4. The number of para-hydroxylation sites is 1. The number of nitrogens with one attached hydrogen (secondary N) is 2. The summed E-state index contributed by atoms with van der Waals surface area (Å²) in [6.07, 6.45) is 0. The fourth-order valence-electron chi connectivity index (χ4n) is 4.12. The molecule has 3 heterocycles. The Labute approximate surface area is 202 Å². The summed E-state index contributed by atoms with van der Waals surface area (Å²) < 4.78 is 1.40. The predicted molar refractivity (Wildman–Crippen MR) is 136 cm³/mol. The third-order valence-corrected chi connectivity index (χ3v) is 6.93. The van der Waals surface area contributed by atoms with Gasteiger partial charge in [0.15, 0.2) is 16.8 Å². The first-order valence-electron chi connectivity index (χ1n) is 10.8. The summed E-state index contributed by atoms with van der Waals surface area (Å²) in [5, 5.41) is 16.3. The SMILES string of the molecule is O=c1c2ccccc2nc(-c2ccccc2)n1NC1=NC2=NNC(c3cccc([N+](=O)[O-])c3)C2S1. The molecule has 6 rings (SSSR count). The summed E-state index contributed by atoms with van der Waals surface area (Å²) >= 11 is 1.40. The molecule has 2 aliphatic rings. The molecule has 0 bridgehead atoms. The Morgan fingerprint density at radius 3 is 2.66 bits per heavy atom. The first-order chi connectivity index (χ1) is 17.1. The fraction of sp³-hybridized carbons (Fsp3) is 0.0833. The second kappa shape index (κ2) is 8.37. The molecule has 0 amide bonds. The standard InChI is InChI=1S/C24H17N7O3S/c32-23-17-11-4-5-12-18(17)25-22(14-7-2-1-3-8-14)30(23)29-24-26-21-20(35-24)19(27-28-21)15-9-6-10-16(13-15)31(33)34/h1-13,19-20,27H,(H,26,28,29). The average molecular weight is 484 g/mol. The van der Waals surface area contributed by atoms with Gasteiger partial charge >= 0.3 is 0 Å². The highest BCUT2D eigenvalue weighted by atomic mass is 32.2. The minimum atomic E-state index is -0.421. The lowest BCUT2D eigenvalue weighted by molar-refractivity contribution is -0.384. The number of non-ortho nitro benzene ring substituents is 1. The van der Waals surface area contributed by atoms with Crippen molar-refractivity contribution < 1.29 is 4.92 Å². The van der Waals surface area contributed by atoms with Gasteiger partial charge in [0.2, 0.25) is 0 Å². The van der Waals surface area contributed by atoms with Crippen molar-refractivity contribution in [2.45, 2.75) is 11.3 Å². The van der Waals surface area contributed by atoms with Crippen molar-refractivity contribution in [1.82, 2.24) is 15.1 Å². The van der Waals surface area contributed by atoms with E-state index in [1.165, 1.54) is 28.6 Å². The molecule has 4 aromatic rings. The molecule has 2 aliphatic heterocycles. The Kier molecular flexibility index (Phi) is 5.03. The molecule has 172 valence electrons. The first kappa shape index (κ1) is 21.1. The number of nitro groups is 1. The number of aliphatic imine (C=N–C) groups is 1. The molecular weight excluding hydrogens is 466 g/mol. The van der Waals surface area contributed by atoms with Crippen LogP contribution >= 0.6 is 11.8 Å². The molecule has 0 saturated heterocycles. The molecule has 10 nitrogen and oxygen atoms in total. The highest BCUT2D eigenvalue weighted by Crippen LogP contribution is 2.37. The molecule has 2 N–H and O–H groups in total. The van der Waals surface area contributed by atoms with Crippen LogP contribution in [0.2, 0.25) is 0 Å². The molecule has 0 spiro atoms. The highest BCUT2D eigenvalue weighted by Gasteiger charge is 2.40. The van der Waals surface area contributed by atoms with E-state index in [1.807, 2.05) is 48.5 Å². The van der Waals surface area contributed by atoms with Gasteiger partial charge in [-0.1, -0.05) is 66.4 Å². The Bertz CT molecular complexity index is 1600. The molecule has 11 heteroatoms. The minimum Gasteiger partial charge on any atom is -0.299 e. The lowest BCUT2D eigenvalue weighted by atomic mass is 10.0. The van der Waals surface area contributed by atoms with Crippen molar-refractivity contribution in [3.8, 4) is 11.4 Å². The van der Waals surface area contributed by atoms with Gasteiger partial charge in [0.1, 0.15) is 5.25 Å². The molecule has 3 aromatic carbocycles. The summed E-state index contributed by atoms with van der Waals surface area (Å²) in [7, 11) is 0. The number of hydrogen-bond acceptors (Lipinski definition) is 9. The lowest BCUT2D eigenvalue weighted by Crippen LogP contribution is -2.34. The van der Waals surface area contributed by atoms with Crippen LogP contribution < -0.4 is 16.4 Å². The summed E-state index contributed by atoms with van der Waals surface area (Å²) in [6, 6.07) is 22.8. The maximum absolute atomic E-state index is 13.4. The van der Waals surface area contributed by atoms with Gasteiger partial charge in [0, 0.05) is 17.7 Å². The maximum atomic E-state index is 13.4. The van der Waals surface area contributed by atoms with E-state index in [-0.39, 0.29) is 22.5 Å². The number of nitro benzene ring substituents is 1. The zero-order chi connectivity index (χ0) is 23.9. The van der Waals surface area contributed by atoms with Crippen LogP contribution in [0.25, 0.3) is 22.3 Å². The van der Waals surface area contributed by atoms with Crippen LogP contribution in [-0.4, -0.2) is 30.8 Å². The Balaban J connectivity index is 1.35. The summed E-state index contributed by atoms with van der Waals surface area (Å²) in [4.78, 5) is 33.5. The molecule has 2 unspecified atom stereocenters. The zero-order valence-electron chi connectivity index (χ0n) is 18.0. The van der Waals surface area contributed by atoms with Crippen molar-refractivity contribution in [2.24, 2.45) is 10.1 Å². The first-order valence-corrected chi connectivity index (χ1v) is 11.6. The molecular formula is C24H17N7O3S. The summed E-state index contributed by atoms with van der Waals surface area (Å²) in [5.74, 6) is 1.02. The number of hydrazone groups is 1. The largest absolute Gasteiger partial charge is 0.299 e. The van der Waals surface area contributed by atoms with Crippen molar-refractivity contribution in [3.63, 3.8) is 0 Å². The van der Waals surface area contributed by atoms with Gasteiger partial charge in [0.05, 0.1) is 21.9 Å². The van der Waals surface area contributed by atoms with Gasteiger partial charge < -0.3 is 0 Å². The highest BCUT2D eigenvalue weighted by molar-refractivity contribution is 8.15. The van der Waals surface area contributed by atoms with Crippen LogP contribution in [0.15, 0.2) is 93.8 Å². The monoisotopic (exact) mass is 483 g/mol. The van der Waals surface area contributed by atoms with Gasteiger partial charge in [-0.25, -0.2) is 9.98 Å². The van der Waals surface area contributed by atoms with Crippen LogP contribution in [0.1, 0.15) is 11.6 Å². The van der Waals surface area contributed by atoms with Gasteiger partial charge in [-0.05, 0) is 17.7 Å². The maximum Gasteiger partial charge on any atom is 0.280 e. The summed E-state index contributed by atoms with van der Waals surface area (Å²) in [5.41, 5.74) is 8.05. The smallest absolute Gasteiger partial charge is 0.280 e. The van der Waals surface area contributed by atoms with Crippen molar-refractivity contribution in [1.29, 1.82) is 0 Å². The van der Waals surface area contributed by atoms with E-state index in [0.29, 0.717) is 27.7 Å². The van der Waals surface area contributed by atoms with E-state index in [4.69, 9.17) is 4.98 Å². The van der Waals surface area contributed by atoms with E-state index >= 15 is 0 Å². The van der Waals surface area contributed by atoms with Gasteiger partial charge in [-0.15, -0.1) is 0 Å². The Morgan fingerprint density at radius 2 is 1.83 bits per heavy atom. The number of hydrogen-bond donors (Lipinski definition) is 2. The van der Waals surface area contributed by atoms with E-state index in [9.17, 15) is 14.9 Å². The van der Waals surface area contributed by atoms with Gasteiger partial charge in [-0.2, -0.15) is 9.78 Å². The Hall–Kier alpha value is -4.51. The lowest BCUT2D eigenvalue weighted by Gasteiger charge is -2.18. The van der Waals surface area contributed by atoms with Gasteiger partial charge in [-0.3, -0.25) is 25.8 Å². The number of aromatic nitrogens is 2. The quantitative estimate of drug-likeness (QED) is 0.335. The topological polar surface area (TPSA) is 127 Å². The fourth-order valence-corrected chi connectivity index (χ4v) is 5.22. The van der Waals surface area contributed by atoms with Crippen LogP contribution in [0, 0.1) is 10.1 Å². The molecule has 2 atom stereocenters. The molecule has 0 aliphatic carbocycles. The van der Waals surface area contributed by atoms with Crippen LogP contribution in [0.5, 0.6) is 0 Å². The molecule has 0 radical (unpaired) electrons. The number of benzene rings is 3. The van der Waals surface area contributed by atoms with E-state index in [0.717, 1.165) is 11.1 Å². The van der Waals surface area contributed by atoms with E-state index in [2.05, 4.69) is 20.9 Å². The number of nitrogens with zero attached hydrogens (tertiary/aromatic N) is 5. The molecule has 35 heavy (non-hydrogen) atoms. The van der Waals surface area contributed by atoms with Crippen molar-refractivity contribution >= 4 is 39.4 Å². The Morgan fingerprint density at radius 1 is 1.03 bits per heavy atom. The van der Waals surface area contributed by atoms with Crippen LogP contribution in [0.3, 0.4) is 0 Å². The van der Waals surface area contributed by atoms with Crippen molar-refractivity contribution in [2.75, 3.05) is 5.43 Å². The van der Waals surface area contributed by atoms with Crippen LogP contribution in [-0.2, 0) is 0 Å². The zero-order valence-corrected chi connectivity index (χ0v) is 18.8. The third kappa shape index (κ3) is 3.71. The second-order valence-corrected chi connectivity index (χ2v) is 9.09. The summed E-state index contributed by atoms with van der Waals surface area (Å²) in [6.45, 7) is 0. The van der Waals surface area contributed by atoms with Crippen LogP contribution in [0.4, 0.5) is 5.69 Å². The number of thioether (sulfide) groups is 1. The molecule has 0 saturated carbocycles. The van der Waals surface area contributed by atoms with Gasteiger partial charge in [0.25, 0.3) is 11.2 Å². The van der Waals surface area contributed by atoms with E-state index < -0.39 is 4.92 Å². The van der Waals surface area contributed by atoms with Crippen molar-refractivity contribution in [3.05, 3.63) is 105 Å². The predicted octanol–water partition coefficient (Wildman–Crippen LogP) is 3.64. The number of fused-ring (bicyclic) bond motifs is 2. The molecule has 0 fully saturated rings. The molecule has 1 aromatic heterocycles. The minimum absolute atomic E-state index is 0.0151. The normalized spacial score (nSPS) is 18.5.